The summed E-state index contributed by atoms with van der Waals surface area (Å²) in [5, 5.41) is 2.65. The molecule has 0 aliphatic rings. The van der Waals surface area contributed by atoms with E-state index in [1.807, 2.05) is 0 Å². The quantitative estimate of drug-likeness (QED) is 0.297. The first-order chi connectivity index (χ1) is 11.9. The van der Waals surface area contributed by atoms with Crippen LogP contribution in [0.2, 0.25) is 0 Å². The Labute approximate surface area is 151 Å². The Morgan fingerprint density at radius 1 is 1.36 bits per heavy atom. The van der Waals surface area contributed by atoms with Crippen LogP contribution in [0.3, 0.4) is 0 Å². The summed E-state index contributed by atoms with van der Waals surface area (Å²) in [6.45, 7) is 7.84. The molecule has 5 nitrogen and oxygen atoms in total. The number of hydrogen-bond acceptors (Lipinski definition) is 4. The number of hydrogen-bond donors (Lipinski definition) is 1. The molecular weight excluding hydrogens is 349 g/mol. The summed E-state index contributed by atoms with van der Waals surface area (Å²) in [6, 6.07) is 4.41. The minimum atomic E-state index is -0.513. The van der Waals surface area contributed by atoms with Crippen molar-refractivity contribution < 1.29 is 23.4 Å². The second-order valence-electron chi connectivity index (χ2n) is 4.84. The third-order valence-corrected chi connectivity index (χ3v) is 3.33. The first kappa shape index (κ1) is 20.7. The zero-order valence-electron chi connectivity index (χ0n) is 14.2. The normalized spacial score (nSPS) is 11.4. The summed E-state index contributed by atoms with van der Waals surface area (Å²) in [7, 11) is 2.91. The van der Waals surface area contributed by atoms with Crippen LogP contribution in [0.1, 0.15) is 5.56 Å². The van der Waals surface area contributed by atoms with Gasteiger partial charge in [-0.1, -0.05) is 30.8 Å². The van der Waals surface area contributed by atoms with Crippen LogP contribution in [-0.2, 0) is 20.8 Å². The molecule has 0 spiro atoms. The fourth-order valence-corrected chi connectivity index (χ4v) is 2.11. The monoisotopic (exact) mass is 369 g/mol. The second kappa shape index (κ2) is 10.5. The van der Waals surface area contributed by atoms with Crippen LogP contribution in [-0.4, -0.2) is 33.3 Å². The van der Waals surface area contributed by atoms with Crippen LogP contribution in [0.5, 0.6) is 5.75 Å². The van der Waals surface area contributed by atoms with E-state index in [4.69, 9.17) is 25.8 Å². The van der Waals surface area contributed by atoms with Gasteiger partial charge in [-0.15, -0.1) is 0 Å². The molecule has 0 unspecified atom stereocenters. The van der Waals surface area contributed by atoms with Crippen molar-refractivity contribution in [1.82, 2.24) is 5.32 Å². The maximum Gasteiger partial charge on any atom is 0.256 e. The largest absolute Gasteiger partial charge is 0.494 e. The fourth-order valence-electron chi connectivity index (χ4n) is 1.93. The van der Waals surface area contributed by atoms with Crippen LogP contribution in [0, 0.1) is 5.82 Å². The third-order valence-electron chi connectivity index (χ3n) is 3.14. The van der Waals surface area contributed by atoms with Gasteiger partial charge in [-0.3, -0.25) is 4.79 Å². The summed E-state index contributed by atoms with van der Waals surface area (Å²) < 4.78 is 28.9. The molecule has 0 saturated heterocycles. The molecule has 0 aliphatic carbocycles. The van der Waals surface area contributed by atoms with Crippen molar-refractivity contribution in [3.63, 3.8) is 0 Å². The van der Waals surface area contributed by atoms with E-state index in [1.54, 1.807) is 6.07 Å². The smallest absolute Gasteiger partial charge is 0.256 e. The van der Waals surface area contributed by atoms with Gasteiger partial charge in [0.05, 0.1) is 19.3 Å². The molecular formula is C18H21ClFNO4. The minimum absolute atomic E-state index is 0.00530. The minimum Gasteiger partial charge on any atom is -0.494 e. The highest BCUT2D eigenvalue weighted by molar-refractivity contribution is 6.35. The molecule has 0 saturated carbocycles. The molecule has 0 bridgehead atoms. The summed E-state index contributed by atoms with van der Waals surface area (Å²) >= 11 is 5.92. The number of ether oxygens (including phenoxy) is 3. The van der Waals surface area contributed by atoms with Crippen molar-refractivity contribution in [3.8, 4) is 5.75 Å². The van der Waals surface area contributed by atoms with Crippen LogP contribution in [0.4, 0.5) is 4.39 Å². The van der Waals surface area contributed by atoms with Crippen molar-refractivity contribution in [3.05, 3.63) is 65.2 Å². The lowest BCUT2D eigenvalue weighted by Gasteiger charge is -2.13. The van der Waals surface area contributed by atoms with E-state index in [1.165, 1.54) is 32.4 Å². The molecule has 0 atom stereocenters. The van der Waals surface area contributed by atoms with E-state index < -0.39 is 11.7 Å². The van der Waals surface area contributed by atoms with Crippen LogP contribution in [0.15, 0.2) is 53.8 Å². The van der Waals surface area contributed by atoms with Gasteiger partial charge in [0.15, 0.2) is 11.6 Å². The van der Waals surface area contributed by atoms with Gasteiger partial charge in [-0.25, -0.2) is 4.39 Å². The highest BCUT2D eigenvalue weighted by atomic mass is 35.5. The van der Waals surface area contributed by atoms with E-state index in [9.17, 15) is 9.18 Å². The van der Waals surface area contributed by atoms with E-state index >= 15 is 0 Å². The number of carbonyl (C=O) groups is 1. The lowest BCUT2D eigenvalue weighted by atomic mass is 10.1. The number of nitrogens with one attached hydrogen (secondary N) is 1. The van der Waals surface area contributed by atoms with Gasteiger partial charge < -0.3 is 19.5 Å². The Morgan fingerprint density at radius 3 is 2.60 bits per heavy atom. The zero-order valence-corrected chi connectivity index (χ0v) is 15.0. The Balaban J connectivity index is 2.87. The van der Waals surface area contributed by atoms with Gasteiger partial charge in [0.25, 0.3) is 5.91 Å². The second-order valence-corrected chi connectivity index (χ2v) is 5.30. The van der Waals surface area contributed by atoms with Crippen molar-refractivity contribution in [2.75, 3.05) is 27.4 Å². The summed E-state index contributed by atoms with van der Waals surface area (Å²) in [6.07, 6.45) is 1.37. The standard InChI is InChI=1S/C18H21ClFNO4/c1-5-15(25-9-8-23-3)17(12(2)19)18(22)21-11-13-6-7-16(24-4)14(20)10-13/h5-7,10H,1-2,8-9,11H2,3-4H3,(H,21,22)/b17-15-. The lowest BCUT2D eigenvalue weighted by Crippen LogP contribution is -2.26. The number of rotatable bonds is 10. The molecule has 25 heavy (non-hydrogen) atoms. The number of benzene rings is 1. The first-order valence-electron chi connectivity index (χ1n) is 7.38. The first-order valence-corrected chi connectivity index (χ1v) is 7.76. The highest BCUT2D eigenvalue weighted by Gasteiger charge is 2.18. The zero-order chi connectivity index (χ0) is 18.8. The highest BCUT2D eigenvalue weighted by Crippen LogP contribution is 2.20. The number of amides is 1. The van der Waals surface area contributed by atoms with Crippen molar-refractivity contribution >= 4 is 17.5 Å². The fraction of sp³-hybridized carbons (Fsp3) is 0.278. The van der Waals surface area contributed by atoms with Crippen LogP contribution < -0.4 is 10.1 Å². The van der Waals surface area contributed by atoms with Gasteiger partial charge in [-0.2, -0.15) is 0 Å². The Bertz CT molecular complexity index is 673. The molecule has 0 radical (unpaired) electrons. The number of allylic oxidation sites excluding steroid dienone is 1. The SMILES string of the molecule is C=C/C(OCCOC)=C(\C(=C)Cl)C(=O)NCc1ccc(OC)c(F)c1. The summed E-state index contributed by atoms with van der Waals surface area (Å²) in [5.41, 5.74) is 0.619. The van der Waals surface area contributed by atoms with Gasteiger partial charge in [-0.05, 0) is 23.8 Å². The molecule has 1 N–H and O–H groups in total. The van der Waals surface area contributed by atoms with Crippen molar-refractivity contribution in [2.24, 2.45) is 0 Å². The molecule has 1 rings (SSSR count). The average molecular weight is 370 g/mol. The van der Waals surface area contributed by atoms with E-state index in [0.29, 0.717) is 12.2 Å². The van der Waals surface area contributed by atoms with Crippen LogP contribution >= 0.6 is 11.6 Å². The van der Waals surface area contributed by atoms with Gasteiger partial charge in [0, 0.05) is 18.7 Å². The number of carbonyl (C=O) groups excluding carboxylic acids is 1. The Kier molecular flexibility index (Phi) is 8.74. The number of methoxy groups -OCH3 is 2. The van der Waals surface area contributed by atoms with Crippen molar-refractivity contribution in [1.29, 1.82) is 0 Å². The third kappa shape index (κ3) is 6.25. The van der Waals surface area contributed by atoms with Crippen molar-refractivity contribution in [2.45, 2.75) is 6.54 Å². The molecule has 0 aromatic heterocycles. The Morgan fingerprint density at radius 2 is 2.08 bits per heavy atom. The molecule has 1 amide bonds. The predicted octanol–water partition coefficient (Wildman–Crippen LogP) is 3.31. The summed E-state index contributed by atoms with van der Waals surface area (Å²) in [4.78, 5) is 12.4. The van der Waals surface area contributed by atoms with Crippen LogP contribution in [0.25, 0.3) is 0 Å². The van der Waals surface area contributed by atoms with E-state index in [2.05, 4.69) is 18.5 Å². The maximum absolute atomic E-state index is 13.7. The van der Waals surface area contributed by atoms with Gasteiger partial charge in [0.2, 0.25) is 0 Å². The molecule has 0 fully saturated rings. The van der Waals surface area contributed by atoms with E-state index in [0.717, 1.165) is 0 Å². The van der Waals surface area contributed by atoms with E-state index in [-0.39, 0.29) is 35.3 Å². The molecule has 1 aromatic carbocycles. The van der Waals surface area contributed by atoms with Gasteiger partial charge in [0.1, 0.15) is 12.4 Å². The Hall–Kier alpha value is -2.31. The molecule has 0 heterocycles. The molecule has 1 aromatic rings. The topological polar surface area (TPSA) is 56.8 Å². The average Bonchev–Trinajstić information content (AvgIpc) is 2.58. The predicted molar refractivity (Wildman–Crippen MR) is 94.8 cm³/mol. The maximum atomic E-state index is 13.7. The molecule has 7 heteroatoms. The molecule has 0 aliphatic heterocycles. The van der Waals surface area contributed by atoms with Gasteiger partial charge >= 0.3 is 0 Å². The summed E-state index contributed by atoms with van der Waals surface area (Å²) in [5.74, 6) is -0.703. The molecule has 136 valence electrons. The number of halogens is 2. The lowest BCUT2D eigenvalue weighted by molar-refractivity contribution is -0.117.